The number of hydrogen-bond donors (Lipinski definition) is 0. The third-order valence-electron chi connectivity index (χ3n) is 11.6. The van der Waals surface area contributed by atoms with Gasteiger partial charge in [-0.05, 0) is 105 Å². The second kappa shape index (κ2) is 41.0. The van der Waals surface area contributed by atoms with Crippen LogP contribution in [0.15, 0.2) is 0 Å². The van der Waals surface area contributed by atoms with Gasteiger partial charge in [-0.1, -0.05) is 162 Å². The number of nitrogens with zero attached hydrogens (tertiary/aromatic N) is 2. The molecule has 6 heteroatoms. The Balaban J connectivity index is 3.87. The van der Waals surface area contributed by atoms with Crippen molar-refractivity contribution >= 4 is 11.9 Å². The number of hydrogen-bond acceptors (Lipinski definition) is 6. The average Bonchev–Trinajstić information content (AvgIpc) is 3.14. The van der Waals surface area contributed by atoms with Gasteiger partial charge in [0.15, 0.2) is 0 Å². The fraction of sp³-hybridized carbons (Fsp3) is 0.959. The smallest absolute Gasteiger partial charge is 0.306 e. The van der Waals surface area contributed by atoms with Crippen molar-refractivity contribution < 1.29 is 19.1 Å². The van der Waals surface area contributed by atoms with Crippen molar-refractivity contribution in [3.05, 3.63) is 0 Å². The first-order valence-electron chi connectivity index (χ1n) is 24.4. The van der Waals surface area contributed by atoms with E-state index in [2.05, 4.69) is 58.5 Å². The van der Waals surface area contributed by atoms with Crippen LogP contribution in [0.3, 0.4) is 0 Å². The summed E-state index contributed by atoms with van der Waals surface area (Å²) in [5, 5.41) is 0. The van der Waals surface area contributed by atoms with Crippen molar-refractivity contribution in [2.75, 3.05) is 40.3 Å². The van der Waals surface area contributed by atoms with E-state index < -0.39 is 0 Å². The van der Waals surface area contributed by atoms with Crippen LogP contribution in [0.1, 0.15) is 247 Å². The van der Waals surface area contributed by atoms with Gasteiger partial charge in [-0.2, -0.15) is 0 Å². The van der Waals surface area contributed by atoms with Crippen molar-refractivity contribution in [1.29, 1.82) is 0 Å². The average molecular weight is 779 g/mol. The van der Waals surface area contributed by atoms with E-state index in [0.717, 1.165) is 57.5 Å². The van der Waals surface area contributed by atoms with Gasteiger partial charge in [0.1, 0.15) is 0 Å². The predicted octanol–water partition coefficient (Wildman–Crippen LogP) is 14.3. The molecule has 0 aromatic rings. The Labute approximate surface area is 344 Å². The first-order valence-corrected chi connectivity index (χ1v) is 24.4. The summed E-state index contributed by atoms with van der Waals surface area (Å²) in [5.41, 5.74) is 0. The van der Waals surface area contributed by atoms with E-state index in [1.54, 1.807) is 0 Å². The highest BCUT2D eigenvalue weighted by Crippen LogP contribution is 2.18. The first kappa shape index (κ1) is 53.9. The van der Waals surface area contributed by atoms with Gasteiger partial charge in [-0.25, -0.2) is 0 Å². The lowest BCUT2D eigenvalue weighted by Gasteiger charge is -2.25. The highest BCUT2D eigenvalue weighted by Gasteiger charge is 2.12. The SMILES string of the molecule is CCCCCCCCCCC(C)OC(=O)CCCCCCCCCN(CCCC(C)CCCCCC(=O)OC(C)CCCCCCCCCC)CCN(C)C. The molecule has 328 valence electrons. The highest BCUT2D eigenvalue weighted by molar-refractivity contribution is 5.69. The molecule has 0 bridgehead atoms. The summed E-state index contributed by atoms with van der Waals surface area (Å²) in [4.78, 5) is 29.6. The summed E-state index contributed by atoms with van der Waals surface area (Å²) < 4.78 is 11.4. The van der Waals surface area contributed by atoms with Crippen molar-refractivity contribution in [3.8, 4) is 0 Å². The van der Waals surface area contributed by atoms with Crippen LogP contribution in [-0.4, -0.2) is 74.2 Å². The number of rotatable bonds is 43. The minimum Gasteiger partial charge on any atom is -0.463 e. The molecule has 0 heterocycles. The van der Waals surface area contributed by atoms with Crippen LogP contribution in [0, 0.1) is 5.92 Å². The van der Waals surface area contributed by atoms with Gasteiger partial charge in [-0.3, -0.25) is 9.59 Å². The second-order valence-corrected chi connectivity index (χ2v) is 17.8. The van der Waals surface area contributed by atoms with Crippen LogP contribution >= 0.6 is 0 Å². The summed E-state index contributed by atoms with van der Waals surface area (Å²) in [5.74, 6) is 0.753. The molecule has 0 amide bonds. The van der Waals surface area contributed by atoms with E-state index in [9.17, 15) is 9.59 Å². The van der Waals surface area contributed by atoms with Crippen molar-refractivity contribution in [3.63, 3.8) is 0 Å². The Bertz CT molecular complexity index is 821. The molecule has 0 aliphatic rings. The van der Waals surface area contributed by atoms with Crippen molar-refractivity contribution in [1.82, 2.24) is 9.80 Å². The molecule has 6 nitrogen and oxygen atoms in total. The molecule has 0 N–H and O–H groups in total. The summed E-state index contributed by atoms with van der Waals surface area (Å²) >= 11 is 0. The van der Waals surface area contributed by atoms with E-state index in [1.165, 1.54) is 174 Å². The van der Waals surface area contributed by atoms with Gasteiger partial charge >= 0.3 is 11.9 Å². The summed E-state index contributed by atoms with van der Waals surface area (Å²) in [6.07, 6.45) is 40.0. The van der Waals surface area contributed by atoms with E-state index in [0.29, 0.717) is 12.8 Å². The zero-order chi connectivity index (χ0) is 40.6. The summed E-state index contributed by atoms with van der Waals surface area (Å²) in [6, 6.07) is 0. The lowest BCUT2D eigenvalue weighted by Crippen LogP contribution is -2.33. The maximum Gasteiger partial charge on any atom is 0.306 e. The fourth-order valence-electron chi connectivity index (χ4n) is 7.73. The quantitative estimate of drug-likeness (QED) is 0.0454. The molecule has 0 spiro atoms. The topological polar surface area (TPSA) is 59.1 Å². The van der Waals surface area contributed by atoms with Gasteiger partial charge in [-0.15, -0.1) is 0 Å². The first-order chi connectivity index (χ1) is 26.7. The molecule has 0 aliphatic heterocycles. The van der Waals surface area contributed by atoms with Crippen LogP contribution in [0.25, 0.3) is 0 Å². The van der Waals surface area contributed by atoms with Gasteiger partial charge < -0.3 is 19.3 Å². The molecule has 3 atom stereocenters. The summed E-state index contributed by atoms with van der Waals surface area (Å²) in [6.45, 7) is 15.8. The van der Waals surface area contributed by atoms with Crippen LogP contribution in [0.2, 0.25) is 0 Å². The monoisotopic (exact) mass is 779 g/mol. The zero-order valence-corrected chi connectivity index (χ0v) is 38.4. The van der Waals surface area contributed by atoms with Crippen LogP contribution in [0.4, 0.5) is 0 Å². The minimum absolute atomic E-state index is 0.00101. The lowest BCUT2D eigenvalue weighted by atomic mass is 9.97. The molecule has 3 unspecified atom stereocenters. The molecule has 0 rings (SSSR count). The third-order valence-corrected chi connectivity index (χ3v) is 11.6. The molecule has 0 aromatic carbocycles. The maximum atomic E-state index is 12.3. The number of esters is 2. The van der Waals surface area contributed by atoms with Crippen LogP contribution in [0.5, 0.6) is 0 Å². The van der Waals surface area contributed by atoms with Crippen molar-refractivity contribution in [2.45, 2.75) is 259 Å². The molecule has 0 radical (unpaired) electrons. The highest BCUT2D eigenvalue weighted by atomic mass is 16.5. The van der Waals surface area contributed by atoms with Gasteiger partial charge in [0, 0.05) is 25.9 Å². The lowest BCUT2D eigenvalue weighted by molar-refractivity contribution is -0.149. The van der Waals surface area contributed by atoms with Crippen molar-refractivity contribution in [2.24, 2.45) is 5.92 Å². The third kappa shape index (κ3) is 40.8. The largest absolute Gasteiger partial charge is 0.463 e. The van der Waals surface area contributed by atoms with Gasteiger partial charge in [0.25, 0.3) is 0 Å². The predicted molar refractivity (Wildman–Crippen MR) is 239 cm³/mol. The number of ether oxygens (including phenoxy) is 2. The Kier molecular flexibility index (Phi) is 40.2. The molecular weight excluding hydrogens is 681 g/mol. The van der Waals surface area contributed by atoms with E-state index in [4.69, 9.17) is 9.47 Å². The standard InChI is InChI=1S/C49H98N2O4/c1-8-10-12-14-16-19-23-29-37-46(4)54-48(52)39-31-25-21-18-22-26-33-41-51(44-43-50(6)7)42-34-36-45(3)35-28-27-32-40-49(53)55-47(5)38-30-24-20-17-15-13-11-9-2/h45-47H,8-44H2,1-7H3. The molecular formula is C49H98N2O4. The van der Waals surface area contributed by atoms with E-state index >= 15 is 0 Å². The Hall–Kier alpha value is -1.14. The van der Waals surface area contributed by atoms with Crippen LogP contribution in [-0.2, 0) is 19.1 Å². The number of unbranched alkanes of at least 4 members (excludes halogenated alkanes) is 22. The molecule has 0 aliphatic carbocycles. The number of likely N-dealkylation sites (N-methyl/N-ethyl adjacent to an activating group) is 1. The Morgan fingerprint density at radius 2 is 0.745 bits per heavy atom. The zero-order valence-electron chi connectivity index (χ0n) is 38.4. The fourth-order valence-corrected chi connectivity index (χ4v) is 7.73. The molecule has 0 saturated heterocycles. The van der Waals surface area contributed by atoms with E-state index in [1.807, 2.05) is 0 Å². The molecule has 0 fully saturated rings. The normalized spacial score (nSPS) is 13.4. The van der Waals surface area contributed by atoms with Crippen LogP contribution < -0.4 is 0 Å². The Morgan fingerprint density at radius 3 is 1.20 bits per heavy atom. The number of carbonyl (C=O) groups is 2. The van der Waals surface area contributed by atoms with Gasteiger partial charge in [0.2, 0.25) is 0 Å². The molecule has 0 saturated carbocycles. The number of carbonyl (C=O) groups excluding carboxylic acids is 2. The van der Waals surface area contributed by atoms with Gasteiger partial charge in [0.05, 0.1) is 12.2 Å². The molecule has 55 heavy (non-hydrogen) atoms. The minimum atomic E-state index is 0.00101. The summed E-state index contributed by atoms with van der Waals surface area (Å²) in [7, 11) is 4.35. The molecule has 0 aromatic heterocycles. The second-order valence-electron chi connectivity index (χ2n) is 17.8. The Morgan fingerprint density at radius 1 is 0.400 bits per heavy atom. The van der Waals surface area contributed by atoms with E-state index in [-0.39, 0.29) is 24.1 Å². The maximum absolute atomic E-state index is 12.3.